The molecular formula is C13H16N2O4. The molecule has 102 valence electrons. The second-order valence-corrected chi connectivity index (χ2v) is 4.01. The molecule has 6 nitrogen and oxygen atoms in total. The first-order valence-corrected chi connectivity index (χ1v) is 5.76. The topological polar surface area (TPSA) is 86.7 Å². The van der Waals surface area contributed by atoms with Crippen LogP contribution in [0.1, 0.15) is 23.7 Å². The zero-order valence-corrected chi connectivity index (χ0v) is 10.8. The highest BCUT2D eigenvalue weighted by Gasteiger charge is 2.17. The molecule has 0 aliphatic carbocycles. The van der Waals surface area contributed by atoms with Gasteiger partial charge in [-0.15, -0.1) is 0 Å². The first-order valence-electron chi connectivity index (χ1n) is 5.76. The Balaban J connectivity index is 2.77. The predicted molar refractivity (Wildman–Crippen MR) is 70.1 cm³/mol. The highest BCUT2D eigenvalue weighted by Crippen LogP contribution is 2.19. The minimum atomic E-state index is -1.09. The Morgan fingerprint density at radius 3 is 2.47 bits per heavy atom. The average molecular weight is 264 g/mol. The lowest BCUT2D eigenvalue weighted by Crippen LogP contribution is -2.32. The van der Waals surface area contributed by atoms with Gasteiger partial charge in [0.25, 0.3) is 0 Å². The van der Waals surface area contributed by atoms with Crippen LogP contribution in [0.4, 0.5) is 5.69 Å². The molecule has 0 atom stereocenters. The van der Waals surface area contributed by atoms with Gasteiger partial charge in [0, 0.05) is 26.9 Å². The summed E-state index contributed by atoms with van der Waals surface area (Å²) < 4.78 is 0. The normalized spacial score (nSPS) is 9.79. The third-order valence-electron chi connectivity index (χ3n) is 2.58. The highest BCUT2D eigenvalue weighted by molar-refractivity contribution is 6.01. The van der Waals surface area contributed by atoms with Crippen LogP contribution in [0.5, 0.6) is 0 Å². The van der Waals surface area contributed by atoms with Gasteiger partial charge in [0.15, 0.2) is 0 Å². The third-order valence-corrected chi connectivity index (χ3v) is 2.58. The molecule has 0 unspecified atom stereocenters. The van der Waals surface area contributed by atoms with Gasteiger partial charge < -0.3 is 15.3 Å². The van der Waals surface area contributed by atoms with E-state index < -0.39 is 5.97 Å². The second-order valence-electron chi connectivity index (χ2n) is 4.01. The molecule has 0 saturated heterocycles. The maximum absolute atomic E-state index is 11.9. The van der Waals surface area contributed by atoms with Crippen molar-refractivity contribution in [2.45, 2.75) is 13.3 Å². The van der Waals surface area contributed by atoms with Crippen molar-refractivity contribution in [1.82, 2.24) is 5.32 Å². The van der Waals surface area contributed by atoms with E-state index in [2.05, 4.69) is 5.32 Å². The quantitative estimate of drug-likeness (QED) is 0.826. The zero-order chi connectivity index (χ0) is 14.4. The number of carbonyl (C=O) groups is 3. The molecule has 2 N–H and O–H groups in total. The number of para-hydroxylation sites is 1. The van der Waals surface area contributed by atoms with Crippen LogP contribution < -0.4 is 10.2 Å². The lowest BCUT2D eigenvalue weighted by molar-refractivity contribution is -0.119. The average Bonchev–Trinajstić information content (AvgIpc) is 2.37. The Hall–Kier alpha value is -2.37. The molecule has 1 aromatic rings. The molecule has 1 rings (SSSR count). The minimum absolute atomic E-state index is 0.0675. The molecule has 0 spiro atoms. The van der Waals surface area contributed by atoms with E-state index in [0.717, 1.165) is 0 Å². The summed E-state index contributed by atoms with van der Waals surface area (Å²) in [5, 5.41) is 11.6. The van der Waals surface area contributed by atoms with Crippen molar-refractivity contribution in [3.05, 3.63) is 29.8 Å². The van der Waals surface area contributed by atoms with Crippen LogP contribution >= 0.6 is 0 Å². The van der Waals surface area contributed by atoms with Crippen molar-refractivity contribution in [3.63, 3.8) is 0 Å². The van der Waals surface area contributed by atoms with E-state index in [1.807, 2.05) is 0 Å². The number of aromatic carboxylic acids is 1. The van der Waals surface area contributed by atoms with Crippen molar-refractivity contribution in [1.29, 1.82) is 0 Å². The molecule has 0 aromatic heterocycles. The predicted octanol–water partition coefficient (Wildman–Crippen LogP) is 0.874. The molecule has 0 aliphatic heterocycles. The van der Waals surface area contributed by atoms with E-state index in [-0.39, 0.29) is 30.3 Å². The van der Waals surface area contributed by atoms with Crippen molar-refractivity contribution in [3.8, 4) is 0 Å². The fraction of sp³-hybridized carbons (Fsp3) is 0.308. The summed E-state index contributed by atoms with van der Waals surface area (Å²) in [6.07, 6.45) is 0.115. The van der Waals surface area contributed by atoms with Crippen LogP contribution in [0.25, 0.3) is 0 Å². The fourth-order valence-corrected chi connectivity index (χ4v) is 1.59. The molecule has 0 heterocycles. The first kappa shape index (κ1) is 14.7. The maximum Gasteiger partial charge on any atom is 0.337 e. The molecule has 1 aromatic carbocycles. The van der Waals surface area contributed by atoms with Gasteiger partial charge in [-0.25, -0.2) is 4.79 Å². The van der Waals surface area contributed by atoms with Gasteiger partial charge in [-0.05, 0) is 12.1 Å². The zero-order valence-electron chi connectivity index (χ0n) is 10.8. The number of carboxylic acids is 1. The third kappa shape index (κ3) is 4.09. The van der Waals surface area contributed by atoms with Crippen molar-refractivity contribution in [2.75, 3.05) is 18.5 Å². The number of nitrogens with zero attached hydrogens (tertiary/aromatic N) is 1. The van der Waals surface area contributed by atoms with Crippen molar-refractivity contribution < 1.29 is 19.5 Å². The number of amides is 2. The molecule has 19 heavy (non-hydrogen) atoms. The van der Waals surface area contributed by atoms with Crippen LogP contribution in [0.15, 0.2) is 24.3 Å². The Morgan fingerprint density at radius 1 is 1.26 bits per heavy atom. The maximum atomic E-state index is 11.9. The van der Waals surface area contributed by atoms with Gasteiger partial charge in [-0.1, -0.05) is 12.1 Å². The number of anilines is 1. The molecule has 6 heteroatoms. The number of carboxylic acid groups (broad SMARTS) is 1. The monoisotopic (exact) mass is 264 g/mol. The van der Waals surface area contributed by atoms with E-state index in [1.54, 1.807) is 18.2 Å². The second kappa shape index (κ2) is 6.53. The number of benzene rings is 1. The van der Waals surface area contributed by atoms with Crippen molar-refractivity contribution in [2.24, 2.45) is 0 Å². The van der Waals surface area contributed by atoms with Crippen LogP contribution in [-0.2, 0) is 9.59 Å². The summed E-state index contributed by atoms with van der Waals surface area (Å²) in [6.45, 7) is 1.60. The van der Waals surface area contributed by atoms with Gasteiger partial charge in [0.2, 0.25) is 11.8 Å². The molecule has 0 radical (unpaired) electrons. The Kier molecular flexibility index (Phi) is 5.05. The summed E-state index contributed by atoms with van der Waals surface area (Å²) in [7, 11) is 1.51. The number of rotatable bonds is 5. The van der Waals surface area contributed by atoms with Crippen LogP contribution in [-0.4, -0.2) is 36.5 Å². The molecule has 0 fully saturated rings. The Bertz CT molecular complexity index is 499. The van der Waals surface area contributed by atoms with E-state index in [0.29, 0.717) is 5.69 Å². The largest absolute Gasteiger partial charge is 0.478 e. The molecular weight excluding hydrogens is 248 g/mol. The summed E-state index contributed by atoms with van der Waals surface area (Å²) in [5.41, 5.74) is 0.403. The Labute approximate surface area is 111 Å². The van der Waals surface area contributed by atoms with Gasteiger partial charge >= 0.3 is 5.97 Å². The molecule has 2 amide bonds. The van der Waals surface area contributed by atoms with Gasteiger partial charge in [0.05, 0.1) is 11.3 Å². The molecule has 0 aliphatic rings. The van der Waals surface area contributed by atoms with Crippen LogP contribution in [0, 0.1) is 0 Å². The van der Waals surface area contributed by atoms with E-state index in [4.69, 9.17) is 5.11 Å². The van der Waals surface area contributed by atoms with E-state index in [9.17, 15) is 14.4 Å². The number of hydrogen-bond acceptors (Lipinski definition) is 3. The number of carbonyl (C=O) groups excluding carboxylic acids is 2. The van der Waals surface area contributed by atoms with Crippen LogP contribution in [0.2, 0.25) is 0 Å². The molecule has 0 bridgehead atoms. The van der Waals surface area contributed by atoms with Crippen molar-refractivity contribution >= 4 is 23.5 Å². The van der Waals surface area contributed by atoms with Crippen LogP contribution in [0.3, 0.4) is 0 Å². The minimum Gasteiger partial charge on any atom is -0.478 e. The number of nitrogens with one attached hydrogen (secondary N) is 1. The smallest absolute Gasteiger partial charge is 0.337 e. The highest BCUT2D eigenvalue weighted by atomic mass is 16.4. The Morgan fingerprint density at radius 2 is 1.89 bits per heavy atom. The fourth-order valence-electron chi connectivity index (χ4n) is 1.59. The summed E-state index contributed by atoms with van der Waals surface area (Å²) in [6, 6.07) is 6.27. The molecule has 0 saturated carbocycles. The lowest BCUT2D eigenvalue weighted by Gasteiger charge is -2.19. The standard InChI is InChI=1S/C13H16N2O4/c1-9(16)14-8-7-12(17)15(2)11-6-4-3-5-10(11)13(18)19/h3-6H,7-8H2,1-2H3,(H,14,16)(H,18,19). The van der Waals surface area contributed by atoms with E-state index in [1.165, 1.54) is 24.9 Å². The first-order chi connectivity index (χ1) is 8.93. The van der Waals surface area contributed by atoms with Gasteiger partial charge in [0.1, 0.15) is 0 Å². The van der Waals surface area contributed by atoms with Gasteiger partial charge in [-0.3, -0.25) is 9.59 Å². The van der Waals surface area contributed by atoms with Gasteiger partial charge in [-0.2, -0.15) is 0 Å². The van der Waals surface area contributed by atoms with E-state index >= 15 is 0 Å². The summed E-state index contributed by atoms with van der Waals surface area (Å²) in [4.78, 5) is 34.9. The number of hydrogen-bond donors (Lipinski definition) is 2. The summed E-state index contributed by atoms with van der Waals surface area (Å²) >= 11 is 0. The summed E-state index contributed by atoms with van der Waals surface area (Å²) in [5.74, 6) is -1.55. The SMILES string of the molecule is CC(=O)NCCC(=O)N(C)c1ccccc1C(=O)O. The lowest BCUT2D eigenvalue weighted by atomic mass is 10.1.